The predicted octanol–water partition coefficient (Wildman–Crippen LogP) is 0.883. The van der Waals surface area contributed by atoms with E-state index < -0.39 is 21.7 Å². The molecule has 0 unspecified atom stereocenters. The number of sulfonamides is 1. The molecule has 0 radical (unpaired) electrons. The van der Waals surface area contributed by atoms with E-state index in [1.807, 2.05) is 0 Å². The van der Waals surface area contributed by atoms with E-state index in [1.54, 1.807) is 0 Å². The molecule has 0 aliphatic rings. The maximum Gasteiger partial charge on any atom is 0.232 e. The summed E-state index contributed by atoms with van der Waals surface area (Å²) in [6.07, 6.45) is 0.812. The van der Waals surface area contributed by atoms with Crippen molar-refractivity contribution in [1.82, 2.24) is 5.32 Å². The van der Waals surface area contributed by atoms with Gasteiger partial charge >= 0.3 is 0 Å². The number of methoxy groups -OCH3 is 1. The normalized spacial score (nSPS) is 11.3. The largest absolute Gasteiger partial charge is 0.383 e. The zero-order valence-electron chi connectivity index (χ0n) is 12.3. The minimum absolute atomic E-state index is 0.0360. The number of rotatable bonds is 8. The van der Waals surface area contributed by atoms with Gasteiger partial charge < -0.3 is 10.1 Å². The van der Waals surface area contributed by atoms with Gasteiger partial charge in [-0.15, -0.1) is 0 Å². The van der Waals surface area contributed by atoms with Crippen LogP contribution in [0.3, 0.4) is 0 Å². The molecule has 124 valence electrons. The van der Waals surface area contributed by atoms with Crippen LogP contribution < -0.4 is 9.62 Å². The van der Waals surface area contributed by atoms with Crippen molar-refractivity contribution in [2.24, 2.45) is 0 Å². The average Bonchev–Trinajstić information content (AvgIpc) is 2.41. The highest BCUT2D eigenvalue weighted by Crippen LogP contribution is 2.20. The lowest BCUT2D eigenvalue weighted by molar-refractivity contribution is -0.121. The highest BCUT2D eigenvalue weighted by Gasteiger charge is 2.19. The van der Waals surface area contributed by atoms with Crippen molar-refractivity contribution in [3.05, 3.63) is 29.8 Å². The molecule has 0 saturated heterocycles. The molecule has 1 aromatic carbocycles. The molecule has 9 heteroatoms. The first-order valence-electron chi connectivity index (χ1n) is 6.44. The lowest BCUT2D eigenvalue weighted by atomic mass is 10.3. The van der Waals surface area contributed by atoms with Crippen LogP contribution in [0.1, 0.15) is 6.42 Å². The summed E-state index contributed by atoms with van der Waals surface area (Å²) in [5, 5.41) is 2.54. The van der Waals surface area contributed by atoms with E-state index in [9.17, 15) is 22.0 Å². The number of carbonyl (C=O) groups excluding carboxylic acids is 1. The van der Waals surface area contributed by atoms with Crippen LogP contribution in [-0.2, 0) is 19.6 Å². The van der Waals surface area contributed by atoms with E-state index in [4.69, 9.17) is 4.74 Å². The third-order valence-corrected chi connectivity index (χ3v) is 3.96. The molecule has 1 rings (SSSR count). The fourth-order valence-corrected chi connectivity index (χ4v) is 2.63. The van der Waals surface area contributed by atoms with Crippen LogP contribution in [0.4, 0.5) is 14.5 Å². The number of amides is 1. The van der Waals surface area contributed by atoms with Crippen molar-refractivity contribution in [1.29, 1.82) is 0 Å². The lowest BCUT2D eigenvalue weighted by Gasteiger charge is -2.22. The first-order chi connectivity index (χ1) is 10.3. The van der Waals surface area contributed by atoms with E-state index in [2.05, 4.69) is 5.32 Å². The highest BCUT2D eigenvalue weighted by molar-refractivity contribution is 7.92. The van der Waals surface area contributed by atoms with Gasteiger partial charge in [-0.1, -0.05) is 0 Å². The van der Waals surface area contributed by atoms with Gasteiger partial charge in [-0.25, -0.2) is 17.2 Å². The fourth-order valence-electron chi connectivity index (χ4n) is 1.71. The second-order valence-corrected chi connectivity index (χ2v) is 6.43. The zero-order chi connectivity index (χ0) is 16.8. The van der Waals surface area contributed by atoms with Gasteiger partial charge in [-0.3, -0.25) is 9.10 Å². The number of hydrogen-bond donors (Lipinski definition) is 1. The molecule has 0 aromatic heterocycles. The quantitative estimate of drug-likeness (QED) is 0.715. The number of nitrogens with zero attached hydrogens (tertiary/aromatic N) is 1. The van der Waals surface area contributed by atoms with E-state index in [0.717, 1.165) is 28.8 Å². The summed E-state index contributed by atoms with van der Waals surface area (Å²) in [7, 11) is -2.24. The first kappa shape index (κ1) is 18.3. The van der Waals surface area contributed by atoms with Crippen molar-refractivity contribution in [2.75, 3.05) is 37.4 Å². The Morgan fingerprint density at radius 3 is 2.55 bits per heavy atom. The molecule has 0 aliphatic carbocycles. The van der Waals surface area contributed by atoms with Crippen molar-refractivity contribution < 1.29 is 26.7 Å². The molecule has 0 spiro atoms. The molecule has 0 bridgehead atoms. The number of nitrogens with one attached hydrogen (secondary N) is 1. The molecule has 6 nitrogen and oxygen atoms in total. The van der Waals surface area contributed by atoms with Crippen molar-refractivity contribution in [3.8, 4) is 0 Å². The number of carbonyl (C=O) groups is 1. The van der Waals surface area contributed by atoms with E-state index in [1.165, 1.54) is 7.11 Å². The third-order valence-electron chi connectivity index (χ3n) is 2.76. The average molecular weight is 336 g/mol. The molecular formula is C13H18F2N2O4S. The van der Waals surface area contributed by atoms with Crippen LogP contribution in [-0.4, -0.2) is 47.4 Å². The van der Waals surface area contributed by atoms with E-state index >= 15 is 0 Å². The third kappa shape index (κ3) is 5.57. The van der Waals surface area contributed by atoms with Crippen LogP contribution in [0, 0.1) is 11.6 Å². The van der Waals surface area contributed by atoms with Crippen molar-refractivity contribution >= 4 is 21.6 Å². The summed E-state index contributed by atoms with van der Waals surface area (Å²) in [6, 6.07) is 2.75. The highest BCUT2D eigenvalue weighted by atomic mass is 32.2. The fraction of sp³-hybridized carbons (Fsp3) is 0.462. The van der Waals surface area contributed by atoms with Crippen LogP contribution >= 0.6 is 0 Å². The molecule has 0 atom stereocenters. The standard InChI is InChI=1S/C13H18F2N2O4S/c1-21-8-6-16-13(18)5-7-17(22(2,19)20)10-3-4-11(14)12(15)9-10/h3-4,9H,5-8H2,1-2H3,(H,16,18). The summed E-state index contributed by atoms with van der Waals surface area (Å²) < 4.78 is 55.3. The van der Waals surface area contributed by atoms with Crippen molar-refractivity contribution in [3.63, 3.8) is 0 Å². The minimum atomic E-state index is -3.73. The molecule has 1 aromatic rings. The Morgan fingerprint density at radius 2 is 2.00 bits per heavy atom. The van der Waals surface area contributed by atoms with Crippen LogP contribution in [0.5, 0.6) is 0 Å². The Kier molecular flexibility index (Phi) is 6.69. The number of benzene rings is 1. The number of anilines is 1. The van der Waals surface area contributed by atoms with Gasteiger partial charge in [0.25, 0.3) is 0 Å². The second kappa shape index (κ2) is 8.04. The Balaban J connectivity index is 2.78. The van der Waals surface area contributed by atoms with E-state index in [-0.39, 0.29) is 24.6 Å². The first-order valence-corrected chi connectivity index (χ1v) is 8.29. The Morgan fingerprint density at radius 1 is 1.32 bits per heavy atom. The summed E-state index contributed by atoms with van der Waals surface area (Å²) in [4.78, 5) is 11.6. The minimum Gasteiger partial charge on any atom is -0.383 e. The Labute approximate surface area is 128 Å². The van der Waals surface area contributed by atoms with Gasteiger partial charge in [0.1, 0.15) is 0 Å². The second-order valence-electron chi connectivity index (χ2n) is 4.53. The molecule has 0 saturated carbocycles. The predicted molar refractivity (Wildman–Crippen MR) is 78.1 cm³/mol. The summed E-state index contributed by atoms with van der Waals surface area (Å²) in [5.41, 5.74) is -0.0360. The molecule has 0 fully saturated rings. The van der Waals surface area contributed by atoms with Gasteiger partial charge in [0, 0.05) is 32.7 Å². The molecule has 22 heavy (non-hydrogen) atoms. The van der Waals surface area contributed by atoms with Gasteiger partial charge in [-0.2, -0.15) is 0 Å². The molecule has 1 N–H and O–H groups in total. The topological polar surface area (TPSA) is 75.7 Å². The van der Waals surface area contributed by atoms with Crippen LogP contribution in [0.15, 0.2) is 18.2 Å². The number of ether oxygens (including phenoxy) is 1. The molecule has 0 heterocycles. The Bertz CT molecular complexity index is 622. The summed E-state index contributed by atoms with van der Waals surface area (Å²) >= 11 is 0. The maximum absolute atomic E-state index is 13.2. The smallest absolute Gasteiger partial charge is 0.232 e. The summed E-state index contributed by atoms with van der Waals surface area (Å²) in [6.45, 7) is 0.465. The lowest BCUT2D eigenvalue weighted by Crippen LogP contribution is -2.35. The Hall–Kier alpha value is -1.74. The molecule has 1 amide bonds. The van der Waals surface area contributed by atoms with E-state index in [0.29, 0.717) is 13.2 Å². The molecule has 0 aliphatic heterocycles. The van der Waals surface area contributed by atoms with Gasteiger partial charge in [-0.05, 0) is 12.1 Å². The SMILES string of the molecule is COCCNC(=O)CCN(c1ccc(F)c(F)c1)S(C)(=O)=O. The monoisotopic (exact) mass is 336 g/mol. The van der Waals surface area contributed by atoms with Gasteiger partial charge in [0.15, 0.2) is 11.6 Å². The zero-order valence-corrected chi connectivity index (χ0v) is 13.1. The maximum atomic E-state index is 13.2. The molecular weight excluding hydrogens is 318 g/mol. The van der Waals surface area contributed by atoms with Crippen molar-refractivity contribution in [2.45, 2.75) is 6.42 Å². The number of halogens is 2. The summed E-state index contributed by atoms with van der Waals surface area (Å²) in [5.74, 6) is -2.60. The van der Waals surface area contributed by atoms with Crippen LogP contribution in [0.2, 0.25) is 0 Å². The van der Waals surface area contributed by atoms with Gasteiger partial charge in [0.05, 0.1) is 18.6 Å². The van der Waals surface area contributed by atoms with Crippen LogP contribution in [0.25, 0.3) is 0 Å². The number of hydrogen-bond acceptors (Lipinski definition) is 4. The van der Waals surface area contributed by atoms with Gasteiger partial charge in [0.2, 0.25) is 15.9 Å².